The average molecular weight is 223 g/mol. The summed E-state index contributed by atoms with van der Waals surface area (Å²) in [5.41, 5.74) is -0.633. The Morgan fingerprint density at radius 3 is 2.36 bits per heavy atom. The van der Waals surface area contributed by atoms with Crippen LogP contribution in [0.25, 0.3) is 0 Å². The van der Waals surface area contributed by atoms with E-state index in [1.54, 1.807) is 0 Å². The maximum absolute atomic E-state index is 11.9. The first-order chi connectivity index (χ1) is 5.00. The van der Waals surface area contributed by atoms with E-state index >= 15 is 0 Å². The second-order valence-corrected chi connectivity index (χ2v) is 3.21. The summed E-state index contributed by atoms with van der Waals surface area (Å²) in [6.45, 7) is 0. The number of nitrogens with zero attached hydrogens (tertiary/aromatic N) is 1. The van der Waals surface area contributed by atoms with Gasteiger partial charge in [-0.3, -0.25) is 0 Å². The molecule has 0 saturated carbocycles. The molecular weight excluding hydrogens is 218 g/mol. The van der Waals surface area contributed by atoms with Gasteiger partial charge in [0.25, 0.3) is 0 Å². The molecule has 1 atom stereocenters. The fourth-order valence-corrected chi connectivity index (χ4v) is 1.18. The zero-order valence-corrected chi connectivity index (χ0v) is 7.81. The first-order valence-corrected chi connectivity index (χ1v) is 4.00. The molecule has 1 nitrogen and oxygen atoms in total. The van der Waals surface area contributed by atoms with Crippen molar-refractivity contribution in [1.29, 1.82) is 0 Å². The van der Waals surface area contributed by atoms with E-state index in [9.17, 15) is 13.2 Å². The molecule has 1 unspecified atom stereocenters. The van der Waals surface area contributed by atoms with Crippen molar-refractivity contribution in [2.24, 2.45) is 0 Å². The molecule has 0 amide bonds. The van der Waals surface area contributed by atoms with Gasteiger partial charge in [-0.15, -0.1) is 0 Å². The summed E-state index contributed by atoms with van der Waals surface area (Å²) in [6.07, 6.45) is -3.08. The number of hydrogen-bond donors (Lipinski definition) is 0. The number of aromatic nitrogens is 1. The molecule has 1 aromatic heterocycles. The van der Waals surface area contributed by atoms with Crippen molar-refractivity contribution in [2.75, 3.05) is 0 Å². The van der Waals surface area contributed by atoms with E-state index in [1.165, 1.54) is 6.20 Å². The zero-order valence-electron chi connectivity index (χ0n) is 5.39. The van der Waals surface area contributed by atoms with Crippen LogP contribution in [-0.4, -0.2) is 21.8 Å². The van der Waals surface area contributed by atoms with E-state index in [0.717, 1.165) is 29.0 Å². The van der Waals surface area contributed by atoms with Crippen LogP contribution in [0.5, 0.6) is 0 Å². The number of alkyl halides is 3. The van der Waals surface area contributed by atoms with E-state index in [4.69, 9.17) is 0 Å². The van der Waals surface area contributed by atoms with Gasteiger partial charge in [0.05, 0.1) is 0 Å². The van der Waals surface area contributed by atoms with Crippen LogP contribution in [0.2, 0.25) is 0 Å². The summed E-state index contributed by atoms with van der Waals surface area (Å²) < 4.78 is 36.3. The van der Waals surface area contributed by atoms with Gasteiger partial charge in [-0.1, -0.05) is 0 Å². The monoisotopic (exact) mass is 223 g/mol. The summed E-state index contributed by atoms with van der Waals surface area (Å²) in [5.74, 6) is 0. The Labute approximate surface area is 70.1 Å². The van der Waals surface area contributed by atoms with E-state index < -0.39 is 11.7 Å². The maximum atomic E-state index is 11.9. The fraction of sp³-hybridized carbons (Fsp3) is 0.167. The number of pyridine rings is 1. The van der Waals surface area contributed by atoms with Crippen LogP contribution in [0.3, 0.4) is 0 Å². The summed E-state index contributed by atoms with van der Waals surface area (Å²) in [5, 5.41) is 0. The van der Waals surface area contributed by atoms with Gasteiger partial charge in [0.2, 0.25) is 0 Å². The Hall–Kier alpha value is -0.502. The van der Waals surface area contributed by atoms with Gasteiger partial charge in [-0.2, -0.15) is 0 Å². The van der Waals surface area contributed by atoms with Crippen molar-refractivity contribution >= 4 is 21.3 Å². The average Bonchev–Trinajstić information content (AvgIpc) is 1.86. The van der Waals surface area contributed by atoms with E-state index in [1.807, 2.05) is 0 Å². The summed E-state index contributed by atoms with van der Waals surface area (Å²) in [4.78, 5) is 3.68. The molecule has 0 radical (unpaired) electrons. The van der Waals surface area contributed by atoms with Gasteiger partial charge < -0.3 is 0 Å². The Kier molecular flexibility index (Phi) is 2.23. The molecule has 0 fully saturated rings. The molecule has 0 spiro atoms. The topological polar surface area (TPSA) is 12.9 Å². The van der Waals surface area contributed by atoms with Gasteiger partial charge >= 0.3 is 69.6 Å². The molecule has 1 heterocycles. The Bertz CT molecular complexity index is 258. The van der Waals surface area contributed by atoms with Crippen molar-refractivity contribution < 1.29 is 13.2 Å². The van der Waals surface area contributed by atoms with Gasteiger partial charge in [0, 0.05) is 0 Å². The van der Waals surface area contributed by atoms with Gasteiger partial charge in [-0.05, 0) is 0 Å². The van der Waals surface area contributed by atoms with Gasteiger partial charge in [0.1, 0.15) is 0 Å². The predicted octanol–water partition coefficient (Wildman–Crippen LogP) is 0.359. The molecular formula is C6H5AsF3N. The van der Waals surface area contributed by atoms with Crippen LogP contribution in [0.1, 0.15) is 5.56 Å². The molecule has 1 aromatic rings. The number of rotatable bonds is 0. The van der Waals surface area contributed by atoms with Crippen molar-refractivity contribution in [3.63, 3.8) is 0 Å². The third-order valence-corrected chi connectivity index (χ3v) is 1.77. The molecule has 0 aliphatic rings. The third-order valence-electron chi connectivity index (χ3n) is 1.11. The molecule has 0 aliphatic heterocycles. The van der Waals surface area contributed by atoms with E-state index in [-0.39, 0.29) is 0 Å². The fourth-order valence-electron chi connectivity index (χ4n) is 0.625. The molecule has 0 saturated heterocycles. The minimum absolute atomic E-state index is 0.437. The summed E-state index contributed by atoms with van der Waals surface area (Å²) >= 11 is 1.08. The first kappa shape index (κ1) is 8.59. The van der Waals surface area contributed by atoms with Crippen LogP contribution in [0, 0.1) is 0 Å². The molecule has 0 aliphatic carbocycles. The predicted molar refractivity (Wildman–Crippen MR) is 37.4 cm³/mol. The molecule has 0 bridgehead atoms. The minimum atomic E-state index is -4.25. The van der Waals surface area contributed by atoms with Crippen LogP contribution >= 0.6 is 0 Å². The van der Waals surface area contributed by atoms with Crippen LogP contribution < -0.4 is 4.48 Å². The molecule has 1 rings (SSSR count). The molecule has 11 heavy (non-hydrogen) atoms. The summed E-state index contributed by atoms with van der Waals surface area (Å²) in [6, 6.07) is 2.00. The number of hydrogen-bond acceptors (Lipinski definition) is 1. The standard InChI is InChI=1S/C6H5AsF3N/c7-5-3-4(1-2-11-5)6(8,9)10/h1-3H,7H2. The first-order valence-electron chi connectivity index (χ1n) is 2.79. The SMILES string of the molecule is FC(F)(F)c1ccnc([AsH2])c1. The van der Waals surface area contributed by atoms with Crippen LogP contribution in [-0.2, 0) is 6.18 Å². The Morgan fingerprint density at radius 2 is 2.00 bits per heavy atom. The third kappa shape index (κ3) is 2.22. The molecule has 5 heteroatoms. The van der Waals surface area contributed by atoms with Crippen molar-refractivity contribution in [3.8, 4) is 0 Å². The quantitative estimate of drug-likeness (QED) is 0.578. The van der Waals surface area contributed by atoms with Crippen LogP contribution in [0.15, 0.2) is 18.3 Å². The van der Waals surface area contributed by atoms with Crippen molar-refractivity contribution in [3.05, 3.63) is 23.9 Å². The summed E-state index contributed by atoms with van der Waals surface area (Å²) in [7, 11) is 0. The molecule has 60 valence electrons. The van der Waals surface area contributed by atoms with Crippen molar-refractivity contribution in [1.82, 2.24) is 4.98 Å². The zero-order chi connectivity index (χ0) is 8.48. The van der Waals surface area contributed by atoms with Crippen LogP contribution in [0.4, 0.5) is 13.2 Å². The second kappa shape index (κ2) is 2.86. The Balaban J connectivity index is 3.06. The van der Waals surface area contributed by atoms with E-state index in [0.29, 0.717) is 4.48 Å². The van der Waals surface area contributed by atoms with Gasteiger partial charge in [0.15, 0.2) is 0 Å². The Morgan fingerprint density at radius 1 is 1.36 bits per heavy atom. The van der Waals surface area contributed by atoms with E-state index in [2.05, 4.69) is 4.98 Å². The normalized spacial score (nSPS) is 11.6. The van der Waals surface area contributed by atoms with Gasteiger partial charge in [-0.25, -0.2) is 0 Å². The second-order valence-electron chi connectivity index (χ2n) is 1.97. The number of halogens is 3. The molecule has 0 aromatic carbocycles. The van der Waals surface area contributed by atoms with Crippen molar-refractivity contribution in [2.45, 2.75) is 6.18 Å². The molecule has 0 N–H and O–H groups in total.